The summed E-state index contributed by atoms with van der Waals surface area (Å²) in [6.45, 7) is 0. The quantitative estimate of drug-likeness (QED) is 0.154. The minimum atomic E-state index is -0.585. The number of anilines is 3. The number of hydrogen-bond acceptors (Lipinski definition) is 1. The molecule has 0 saturated carbocycles. The molecule has 0 amide bonds. The van der Waals surface area contributed by atoms with Crippen LogP contribution in [-0.2, 0) is 16.2 Å². The van der Waals surface area contributed by atoms with E-state index in [1.165, 1.54) is 111 Å². The maximum atomic E-state index is 2.65. The molecular weight excluding hydrogens is 915 g/mol. The molecule has 12 aromatic carbocycles. The van der Waals surface area contributed by atoms with Crippen LogP contribution in [-0.4, -0.2) is 0 Å². The Morgan fingerprint density at radius 2 is 0.487 bits per heavy atom. The van der Waals surface area contributed by atoms with Gasteiger partial charge in [0.2, 0.25) is 0 Å². The molecule has 76 heavy (non-hydrogen) atoms. The van der Waals surface area contributed by atoms with Crippen LogP contribution in [0.2, 0.25) is 0 Å². The van der Waals surface area contributed by atoms with Crippen molar-refractivity contribution in [1.29, 1.82) is 0 Å². The van der Waals surface area contributed by atoms with Gasteiger partial charge in [0.05, 0.1) is 27.6 Å². The van der Waals surface area contributed by atoms with Gasteiger partial charge in [0.15, 0.2) is 0 Å². The maximum absolute atomic E-state index is 2.65. The second kappa shape index (κ2) is 16.2. The largest absolute Gasteiger partial charge is 0.309 e. The fourth-order valence-corrected chi connectivity index (χ4v) is 15.0. The molecule has 1 nitrogen and oxygen atoms in total. The van der Waals surface area contributed by atoms with E-state index in [0.717, 1.165) is 17.1 Å². The van der Waals surface area contributed by atoms with E-state index in [1.807, 2.05) is 0 Å². The van der Waals surface area contributed by atoms with E-state index >= 15 is 0 Å². The lowest BCUT2D eigenvalue weighted by molar-refractivity contribution is 0.768. The van der Waals surface area contributed by atoms with Crippen LogP contribution in [0.25, 0.3) is 44.5 Å². The fourth-order valence-electron chi connectivity index (χ4n) is 15.0. The summed E-state index contributed by atoms with van der Waals surface area (Å²) >= 11 is 0. The summed E-state index contributed by atoms with van der Waals surface area (Å²) in [7, 11) is 0. The molecule has 0 aliphatic heterocycles. The van der Waals surface area contributed by atoms with E-state index in [1.54, 1.807) is 0 Å². The van der Waals surface area contributed by atoms with Crippen molar-refractivity contribution in [2.24, 2.45) is 0 Å². The van der Waals surface area contributed by atoms with Crippen LogP contribution in [0.1, 0.15) is 66.8 Å². The van der Waals surface area contributed by atoms with Crippen LogP contribution in [0.4, 0.5) is 17.1 Å². The lowest BCUT2D eigenvalue weighted by Crippen LogP contribution is -2.29. The van der Waals surface area contributed by atoms with Gasteiger partial charge in [0.25, 0.3) is 0 Å². The number of nitrogens with zero attached hydrogens (tertiary/aromatic N) is 1. The second-order valence-electron chi connectivity index (χ2n) is 20.9. The topological polar surface area (TPSA) is 3.24 Å². The van der Waals surface area contributed by atoms with Gasteiger partial charge in [-0.15, -0.1) is 0 Å². The molecule has 0 atom stereocenters. The first-order chi connectivity index (χ1) is 37.7. The summed E-state index contributed by atoms with van der Waals surface area (Å²) in [5.74, 6) is 0. The molecule has 16 rings (SSSR count). The van der Waals surface area contributed by atoms with Crippen molar-refractivity contribution >= 4 is 17.1 Å². The zero-order valence-corrected chi connectivity index (χ0v) is 41.7. The predicted molar refractivity (Wildman–Crippen MR) is 312 cm³/mol. The van der Waals surface area contributed by atoms with E-state index in [2.05, 4.69) is 302 Å². The highest BCUT2D eigenvalue weighted by atomic mass is 15.2. The number of rotatable bonds is 7. The van der Waals surface area contributed by atoms with Gasteiger partial charge >= 0.3 is 0 Å². The van der Waals surface area contributed by atoms with Crippen molar-refractivity contribution in [3.05, 3.63) is 364 Å². The van der Waals surface area contributed by atoms with Gasteiger partial charge in [-0.05, 0) is 124 Å². The number of hydrogen-bond donors (Lipinski definition) is 0. The molecule has 0 saturated heterocycles. The Morgan fingerprint density at radius 1 is 0.197 bits per heavy atom. The SMILES string of the molecule is c1ccc(C2(c3ccccc3)c3ccccc3-c3c(N(c4ccc5c(c4)C4(c6ccccc6-c6ccccc64)c4ccccc4-5)c4cccc5c4-c4ccccc4C5(c4ccccc4)c4ccccc4)cccc32)cc1. The molecule has 0 heterocycles. The molecule has 0 bridgehead atoms. The molecule has 0 radical (unpaired) electrons. The zero-order chi connectivity index (χ0) is 50.0. The smallest absolute Gasteiger partial charge is 0.0726 e. The third-order valence-corrected chi connectivity index (χ3v) is 17.6. The lowest BCUT2D eigenvalue weighted by atomic mass is 9.67. The molecule has 0 N–H and O–H groups in total. The Hall–Kier alpha value is -9.56. The van der Waals surface area contributed by atoms with Gasteiger partial charge in [-0.2, -0.15) is 0 Å². The first-order valence-electron chi connectivity index (χ1n) is 26.7. The Morgan fingerprint density at radius 3 is 0.855 bits per heavy atom. The van der Waals surface area contributed by atoms with Gasteiger partial charge in [-0.3, -0.25) is 0 Å². The van der Waals surface area contributed by atoms with Crippen LogP contribution in [0.3, 0.4) is 0 Å². The van der Waals surface area contributed by atoms with Crippen LogP contribution in [0, 0.1) is 0 Å². The van der Waals surface area contributed by atoms with Gasteiger partial charge in [0.1, 0.15) is 0 Å². The molecule has 4 aliphatic carbocycles. The average molecular weight is 964 g/mol. The highest BCUT2D eigenvalue weighted by Crippen LogP contribution is 2.66. The summed E-state index contributed by atoms with van der Waals surface area (Å²) in [6, 6.07) is 112. The fraction of sp³-hybridized carbons (Fsp3) is 0.0400. The Kier molecular flexibility index (Phi) is 9.15. The normalized spacial score (nSPS) is 14.6. The van der Waals surface area contributed by atoms with Crippen molar-refractivity contribution in [2.75, 3.05) is 4.90 Å². The number of benzene rings is 12. The van der Waals surface area contributed by atoms with Crippen LogP contribution in [0.15, 0.2) is 297 Å². The molecule has 354 valence electrons. The molecule has 0 unspecified atom stereocenters. The van der Waals surface area contributed by atoms with Crippen LogP contribution < -0.4 is 4.90 Å². The van der Waals surface area contributed by atoms with E-state index in [4.69, 9.17) is 0 Å². The summed E-state index contributed by atoms with van der Waals surface area (Å²) in [5.41, 5.74) is 27.2. The third-order valence-electron chi connectivity index (χ3n) is 17.6. The molecule has 1 spiro atoms. The molecule has 1 heteroatoms. The van der Waals surface area contributed by atoms with Crippen molar-refractivity contribution in [3.8, 4) is 44.5 Å². The number of fused-ring (bicyclic) bond motifs is 16. The Labute approximate surface area is 444 Å². The van der Waals surface area contributed by atoms with E-state index in [0.29, 0.717) is 0 Å². The molecule has 12 aromatic rings. The third kappa shape index (κ3) is 5.44. The van der Waals surface area contributed by atoms with Crippen molar-refractivity contribution in [2.45, 2.75) is 16.2 Å². The standard InChI is InChI=1S/C75H49N/c1-5-25-50(26-6-1)73(51-27-7-2-8-28-51)64-41-21-16-36-59(64)71-66(73)43-23-45-69(71)76(70-46-24-44-67-72(70)60-37-17-22-42-65(60)74(67,52-29-9-3-10-30-52)53-31-11-4-12-32-53)54-47-48-58-57-35-15-20-40-63(57)75(68(58)49-54)61-38-18-13-33-55(61)56-34-14-19-39-62(56)75/h1-49H. The molecule has 0 fully saturated rings. The second-order valence-corrected chi connectivity index (χ2v) is 20.9. The van der Waals surface area contributed by atoms with Crippen molar-refractivity contribution in [1.82, 2.24) is 0 Å². The summed E-state index contributed by atoms with van der Waals surface area (Å²) in [5, 5.41) is 0. The monoisotopic (exact) mass is 963 g/mol. The minimum Gasteiger partial charge on any atom is -0.309 e. The average Bonchev–Trinajstić information content (AvgIpc) is 4.39. The Balaban J connectivity index is 1.05. The van der Waals surface area contributed by atoms with Gasteiger partial charge in [0, 0.05) is 16.8 Å². The summed E-state index contributed by atoms with van der Waals surface area (Å²) in [6.07, 6.45) is 0. The Bertz CT molecular complexity index is 3960. The minimum absolute atomic E-state index is 0.525. The van der Waals surface area contributed by atoms with Crippen LogP contribution >= 0.6 is 0 Å². The maximum Gasteiger partial charge on any atom is 0.0726 e. The lowest BCUT2D eigenvalue weighted by Gasteiger charge is -2.36. The van der Waals surface area contributed by atoms with Crippen molar-refractivity contribution < 1.29 is 0 Å². The molecule has 0 aromatic heterocycles. The first-order valence-corrected chi connectivity index (χ1v) is 26.7. The van der Waals surface area contributed by atoms with Crippen molar-refractivity contribution in [3.63, 3.8) is 0 Å². The van der Waals surface area contributed by atoms with E-state index in [-0.39, 0.29) is 0 Å². The predicted octanol–water partition coefficient (Wildman–Crippen LogP) is 18.2. The first kappa shape index (κ1) is 42.9. The summed E-state index contributed by atoms with van der Waals surface area (Å²) in [4.78, 5) is 2.65. The molecule has 4 aliphatic rings. The molecular formula is C75H49N. The van der Waals surface area contributed by atoms with Gasteiger partial charge in [-0.1, -0.05) is 273 Å². The summed E-state index contributed by atoms with van der Waals surface area (Å²) < 4.78 is 0. The highest BCUT2D eigenvalue weighted by molar-refractivity contribution is 6.04. The van der Waals surface area contributed by atoms with Crippen LogP contribution in [0.5, 0.6) is 0 Å². The van der Waals surface area contributed by atoms with E-state index in [9.17, 15) is 0 Å². The van der Waals surface area contributed by atoms with Gasteiger partial charge < -0.3 is 4.90 Å². The highest BCUT2D eigenvalue weighted by Gasteiger charge is 2.53. The van der Waals surface area contributed by atoms with E-state index < -0.39 is 16.2 Å². The van der Waals surface area contributed by atoms with Gasteiger partial charge in [-0.25, -0.2) is 0 Å². The zero-order valence-electron chi connectivity index (χ0n) is 41.7.